The lowest BCUT2D eigenvalue weighted by Gasteiger charge is -2.05. The summed E-state index contributed by atoms with van der Waals surface area (Å²) < 4.78 is 11.5. The second kappa shape index (κ2) is 4.92. The van der Waals surface area contributed by atoms with Crippen molar-refractivity contribution in [1.29, 1.82) is 0 Å². The highest BCUT2D eigenvalue weighted by Crippen LogP contribution is 2.20. The highest BCUT2D eigenvalue weighted by molar-refractivity contribution is 5.89. The van der Waals surface area contributed by atoms with Crippen LogP contribution in [-0.2, 0) is 4.74 Å². The first-order valence-corrected chi connectivity index (χ1v) is 5.68. The lowest BCUT2D eigenvalue weighted by atomic mass is 10.2. The van der Waals surface area contributed by atoms with Gasteiger partial charge in [0.15, 0.2) is 5.65 Å². The summed E-state index contributed by atoms with van der Waals surface area (Å²) in [6.07, 6.45) is 0. The first-order valence-electron chi connectivity index (χ1n) is 5.68. The summed E-state index contributed by atoms with van der Waals surface area (Å²) in [4.78, 5) is 11.4. The van der Waals surface area contributed by atoms with Crippen LogP contribution in [0.4, 0.5) is 0 Å². The number of carbonyl (C=O) groups excluding carboxylic acids is 1. The smallest absolute Gasteiger partial charge is 0.337 e. The minimum absolute atomic E-state index is 0.312. The van der Waals surface area contributed by atoms with Crippen LogP contribution in [0.5, 0.6) is 11.6 Å². The minimum atomic E-state index is -0.431. The standard InChI is InChI=1S/C12H9N5O3/c1-19-12(18)8-3-2-4-9(7-8)20-11-6-5-10-13-15-16-17(10)14-11/h2-7H,1H3. The van der Waals surface area contributed by atoms with E-state index in [1.807, 2.05) is 0 Å². The van der Waals surface area contributed by atoms with Crippen molar-refractivity contribution < 1.29 is 14.3 Å². The van der Waals surface area contributed by atoms with Gasteiger partial charge < -0.3 is 9.47 Å². The Kier molecular flexibility index (Phi) is 2.96. The lowest BCUT2D eigenvalue weighted by molar-refractivity contribution is 0.0600. The Bertz CT molecular complexity index is 770. The number of fused-ring (bicyclic) bond motifs is 1. The van der Waals surface area contributed by atoms with E-state index in [0.29, 0.717) is 22.8 Å². The van der Waals surface area contributed by atoms with Crippen molar-refractivity contribution in [3.63, 3.8) is 0 Å². The van der Waals surface area contributed by atoms with Gasteiger partial charge in [0.1, 0.15) is 5.75 Å². The van der Waals surface area contributed by atoms with Crippen LogP contribution in [0.1, 0.15) is 10.4 Å². The Labute approximate surface area is 112 Å². The van der Waals surface area contributed by atoms with E-state index in [-0.39, 0.29) is 0 Å². The highest BCUT2D eigenvalue weighted by Gasteiger charge is 2.08. The number of hydrogen-bond acceptors (Lipinski definition) is 7. The largest absolute Gasteiger partial charge is 0.465 e. The molecular weight excluding hydrogens is 262 g/mol. The third-order valence-corrected chi connectivity index (χ3v) is 2.52. The number of benzene rings is 1. The molecule has 0 N–H and O–H groups in total. The van der Waals surface area contributed by atoms with Crippen LogP contribution in [0.25, 0.3) is 5.65 Å². The number of aromatic nitrogens is 5. The van der Waals surface area contributed by atoms with Crippen LogP contribution in [0.2, 0.25) is 0 Å². The molecule has 100 valence electrons. The molecule has 3 aromatic rings. The Morgan fingerprint density at radius 1 is 1.25 bits per heavy atom. The van der Waals surface area contributed by atoms with Gasteiger partial charge in [-0.05, 0) is 34.7 Å². The van der Waals surface area contributed by atoms with E-state index in [9.17, 15) is 4.79 Å². The van der Waals surface area contributed by atoms with Crippen molar-refractivity contribution in [2.24, 2.45) is 0 Å². The minimum Gasteiger partial charge on any atom is -0.465 e. The molecule has 20 heavy (non-hydrogen) atoms. The number of esters is 1. The maximum atomic E-state index is 11.4. The topological polar surface area (TPSA) is 91.5 Å². The third-order valence-electron chi connectivity index (χ3n) is 2.52. The molecule has 3 rings (SSSR count). The van der Waals surface area contributed by atoms with Gasteiger partial charge in [-0.2, -0.15) is 0 Å². The maximum absolute atomic E-state index is 11.4. The normalized spacial score (nSPS) is 10.4. The number of methoxy groups -OCH3 is 1. The Balaban J connectivity index is 1.88. The lowest BCUT2D eigenvalue weighted by Crippen LogP contribution is -2.01. The molecule has 0 atom stereocenters. The number of tetrazole rings is 1. The van der Waals surface area contributed by atoms with Gasteiger partial charge in [0.05, 0.1) is 12.7 Å². The SMILES string of the molecule is COC(=O)c1cccc(Oc2ccc3nnnn3n2)c1. The van der Waals surface area contributed by atoms with Gasteiger partial charge >= 0.3 is 5.97 Å². The van der Waals surface area contributed by atoms with Gasteiger partial charge in [-0.25, -0.2) is 4.79 Å². The van der Waals surface area contributed by atoms with Crippen molar-refractivity contribution in [2.75, 3.05) is 7.11 Å². The fourth-order valence-electron chi connectivity index (χ4n) is 1.61. The Hall–Kier alpha value is -3.03. The molecule has 8 nitrogen and oxygen atoms in total. The maximum Gasteiger partial charge on any atom is 0.337 e. The first-order chi connectivity index (χ1) is 9.76. The van der Waals surface area contributed by atoms with Crippen LogP contribution in [0.3, 0.4) is 0 Å². The van der Waals surface area contributed by atoms with Crippen molar-refractivity contribution in [3.8, 4) is 11.6 Å². The molecule has 0 saturated heterocycles. The first kappa shape index (κ1) is 12.0. The van der Waals surface area contributed by atoms with E-state index in [1.165, 1.54) is 11.7 Å². The monoisotopic (exact) mass is 271 g/mol. The van der Waals surface area contributed by atoms with Gasteiger partial charge in [-0.1, -0.05) is 6.07 Å². The number of nitrogens with zero attached hydrogens (tertiary/aromatic N) is 5. The molecule has 2 heterocycles. The van der Waals surface area contributed by atoms with E-state index >= 15 is 0 Å². The number of rotatable bonds is 3. The molecule has 0 saturated carbocycles. The molecule has 0 aliphatic carbocycles. The van der Waals surface area contributed by atoms with Gasteiger partial charge in [-0.15, -0.1) is 14.8 Å². The van der Waals surface area contributed by atoms with E-state index in [4.69, 9.17) is 4.74 Å². The molecule has 0 unspecified atom stereocenters. The molecule has 0 spiro atoms. The summed E-state index contributed by atoms with van der Waals surface area (Å²) in [5.74, 6) is 0.346. The number of carbonyl (C=O) groups is 1. The predicted octanol–water partition coefficient (Wildman–Crippen LogP) is 1.10. The van der Waals surface area contributed by atoms with E-state index in [0.717, 1.165) is 0 Å². The summed E-state index contributed by atoms with van der Waals surface area (Å²) in [6, 6.07) is 9.91. The summed E-state index contributed by atoms with van der Waals surface area (Å²) in [5, 5.41) is 15.0. The molecule has 1 aromatic carbocycles. The van der Waals surface area contributed by atoms with Crippen LogP contribution < -0.4 is 4.74 Å². The molecular formula is C12H9N5O3. The van der Waals surface area contributed by atoms with Crippen LogP contribution >= 0.6 is 0 Å². The zero-order chi connectivity index (χ0) is 13.9. The zero-order valence-electron chi connectivity index (χ0n) is 10.4. The van der Waals surface area contributed by atoms with Crippen molar-refractivity contribution >= 4 is 11.6 Å². The third kappa shape index (κ3) is 2.26. The van der Waals surface area contributed by atoms with Gasteiger partial charge in [0.25, 0.3) is 0 Å². The van der Waals surface area contributed by atoms with Gasteiger partial charge in [0.2, 0.25) is 5.88 Å². The molecule has 0 bridgehead atoms. The number of hydrogen-bond donors (Lipinski definition) is 0. The second-order valence-corrected chi connectivity index (χ2v) is 3.82. The summed E-state index contributed by atoms with van der Waals surface area (Å²) >= 11 is 0. The Morgan fingerprint density at radius 3 is 3.00 bits per heavy atom. The Morgan fingerprint density at radius 2 is 2.15 bits per heavy atom. The fraction of sp³-hybridized carbons (Fsp3) is 0.0833. The van der Waals surface area contributed by atoms with Crippen molar-refractivity contribution in [2.45, 2.75) is 0 Å². The fourth-order valence-corrected chi connectivity index (χ4v) is 1.61. The molecule has 8 heteroatoms. The summed E-state index contributed by atoms with van der Waals surface area (Å²) in [6.45, 7) is 0. The highest BCUT2D eigenvalue weighted by atomic mass is 16.5. The second-order valence-electron chi connectivity index (χ2n) is 3.82. The average Bonchev–Trinajstić information content (AvgIpc) is 2.94. The molecule has 0 aliphatic rings. The predicted molar refractivity (Wildman–Crippen MR) is 66.4 cm³/mol. The zero-order valence-corrected chi connectivity index (χ0v) is 10.4. The summed E-state index contributed by atoms with van der Waals surface area (Å²) in [5.41, 5.74) is 0.911. The van der Waals surface area contributed by atoms with Crippen molar-refractivity contribution in [1.82, 2.24) is 25.3 Å². The molecule has 2 aromatic heterocycles. The number of ether oxygens (including phenoxy) is 2. The van der Waals surface area contributed by atoms with Gasteiger partial charge in [-0.3, -0.25) is 0 Å². The molecule has 0 aliphatic heterocycles. The van der Waals surface area contributed by atoms with E-state index in [1.54, 1.807) is 36.4 Å². The molecule has 0 amide bonds. The average molecular weight is 271 g/mol. The van der Waals surface area contributed by atoms with E-state index in [2.05, 4.69) is 25.4 Å². The van der Waals surface area contributed by atoms with Crippen LogP contribution in [0, 0.1) is 0 Å². The van der Waals surface area contributed by atoms with Crippen LogP contribution in [-0.4, -0.2) is 38.3 Å². The van der Waals surface area contributed by atoms with Crippen LogP contribution in [0.15, 0.2) is 36.4 Å². The van der Waals surface area contributed by atoms with Gasteiger partial charge in [0, 0.05) is 6.07 Å². The van der Waals surface area contributed by atoms with E-state index < -0.39 is 5.97 Å². The quantitative estimate of drug-likeness (QED) is 0.658. The molecule has 0 fully saturated rings. The summed E-state index contributed by atoms with van der Waals surface area (Å²) in [7, 11) is 1.32. The molecule has 0 radical (unpaired) electrons. The van der Waals surface area contributed by atoms with Crippen molar-refractivity contribution in [3.05, 3.63) is 42.0 Å².